The van der Waals surface area contributed by atoms with Gasteiger partial charge in [0.2, 0.25) is 0 Å². The molecule has 0 amide bonds. The zero-order valence-corrected chi connectivity index (χ0v) is 14.9. The zero-order chi connectivity index (χ0) is 15.5. The molecule has 0 unspecified atom stereocenters. The second-order valence-electron chi connectivity index (χ2n) is 5.25. The molecule has 0 aliphatic carbocycles. The third-order valence-electron chi connectivity index (χ3n) is 3.50. The van der Waals surface area contributed by atoms with Crippen LogP contribution in [0.25, 0.3) is 10.9 Å². The predicted molar refractivity (Wildman–Crippen MR) is 98.0 cm³/mol. The van der Waals surface area contributed by atoms with Crippen molar-refractivity contribution in [1.82, 2.24) is 9.88 Å². The predicted octanol–water partition coefficient (Wildman–Crippen LogP) is 5.30. The fourth-order valence-corrected chi connectivity index (χ4v) is 3.84. The number of thioether (sulfide) groups is 1. The fourth-order valence-electron chi connectivity index (χ4n) is 2.42. The van der Waals surface area contributed by atoms with Crippen molar-refractivity contribution in [2.24, 2.45) is 0 Å². The van der Waals surface area contributed by atoms with Crippen molar-refractivity contribution in [3.8, 4) is 0 Å². The van der Waals surface area contributed by atoms with Gasteiger partial charge in [-0.3, -0.25) is 4.90 Å². The highest BCUT2D eigenvalue weighted by Gasteiger charge is 2.09. The van der Waals surface area contributed by atoms with E-state index in [0.29, 0.717) is 5.15 Å². The normalized spacial score (nSPS) is 11.5. The summed E-state index contributed by atoms with van der Waals surface area (Å²) in [4.78, 5) is 9.39. The number of nitrogens with zero attached hydrogens (tertiary/aromatic N) is 2. The van der Waals surface area contributed by atoms with Crippen molar-refractivity contribution in [2.45, 2.75) is 18.0 Å². The molecule has 0 radical (unpaired) electrons. The number of fused-ring (bicyclic) bond motifs is 1. The summed E-state index contributed by atoms with van der Waals surface area (Å²) in [5, 5.41) is 3.85. The maximum Gasteiger partial charge on any atom is 0.134 e. The van der Waals surface area contributed by atoms with Crippen LogP contribution in [0.3, 0.4) is 0 Å². The monoisotopic (exact) mass is 348 g/mol. The minimum atomic E-state index is 0.601. The topological polar surface area (TPSA) is 16.1 Å². The molecule has 0 atom stereocenters. The van der Waals surface area contributed by atoms with Crippen molar-refractivity contribution in [3.63, 3.8) is 0 Å². The number of hydrogen-bond acceptors (Lipinski definition) is 4. The number of benzene rings is 1. The van der Waals surface area contributed by atoms with Crippen LogP contribution < -0.4 is 0 Å². The maximum absolute atomic E-state index is 6.38. The molecule has 0 bridgehead atoms. The van der Waals surface area contributed by atoms with Gasteiger partial charge in [0.05, 0.1) is 5.52 Å². The van der Waals surface area contributed by atoms with Gasteiger partial charge in [0.15, 0.2) is 0 Å². The van der Waals surface area contributed by atoms with Crippen LogP contribution >= 0.6 is 34.7 Å². The van der Waals surface area contributed by atoms with Gasteiger partial charge in [0.1, 0.15) is 5.15 Å². The van der Waals surface area contributed by atoms with Gasteiger partial charge in [-0.25, -0.2) is 4.98 Å². The number of pyridine rings is 1. The van der Waals surface area contributed by atoms with E-state index < -0.39 is 0 Å². The molecule has 22 heavy (non-hydrogen) atoms. The Kier molecular flexibility index (Phi) is 5.03. The molecule has 3 rings (SSSR count). The summed E-state index contributed by atoms with van der Waals surface area (Å²) in [6, 6.07) is 12.7. The summed E-state index contributed by atoms with van der Waals surface area (Å²) in [5.74, 6) is 0. The van der Waals surface area contributed by atoms with Gasteiger partial charge in [0, 0.05) is 33.8 Å². The second kappa shape index (κ2) is 7.01. The SMILES string of the molecule is CSc1ccc2cc(CN(C)Cc3cccs3)c(Cl)nc2c1. The molecule has 1 aromatic carbocycles. The first-order valence-corrected chi connectivity index (χ1v) is 9.48. The summed E-state index contributed by atoms with van der Waals surface area (Å²) in [7, 11) is 2.11. The Morgan fingerprint density at radius 1 is 1.23 bits per heavy atom. The Balaban J connectivity index is 1.82. The molecule has 0 N–H and O–H groups in total. The molecule has 0 aliphatic rings. The van der Waals surface area contributed by atoms with Crippen molar-refractivity contribution in [3.05, 3.63) is 57.4 Å². The summed E-state index contributed by atoms with van der Waals surface area (Å²) < 4.78 is 0. The van der Waals surface area contributed by atoms with E-state index >= 15 is 0 Å². The van der Waals surface area contributed by atoms with E-state index in [1.165, 1.54) is 9.77 Å². The van der Waals surface area contributed by atoms with Gasteiger partial charge in [-0.05, 0) is 42.9 Å². The average Bonchev–Trinajstić information content (AvgIpc) is 3.00. The molecular weight excluding hydrogens is 332 g/mol. The summed E-state index contributed by atoms with van der Waals surface area (Å²) >= 11 is 9.88. The molecule has 5 heteroatoms. The zero-order valence-electron chi connectivity index (χ0n) is 12.5. The molecule has 0 aliphatic heterocycles. The Labute approximate surface area is 144 Å². The van der Waals surface area contributed by atoms with Crippen molar-refractivity contribution in [2.75, 3.05) is 13.3 Å². The van der Waals surface area contributed by atoms with E-state index in [9.17, 15) is 0 Å². The Bertz CT molecular complexity index is 772. The number of thiophene rings is 1. The molecule has 114 valence electrons. The van der Waals surface area contributed by atoms with Gasteiger partial charge in [-0.15, -0.1) is 23.1 Å². The smallest absolute Gasteiger partial charge is 0.134 e. The number of halogens is 1. The lowest BCUT2D eigenvalue weighted by molar-refractivity contribution is 0.322. The van der Waals surface area contributed by atoms with Crippen LogP contribution in [-0.2, 0) is 13.1 Å². The number of rotatable bonds is 5. The maximum atomic E-state index is 6.38. The summed E-state index contributed by atoms with van der Waals surface area (Å²) in [6.45, 7) is 1.72. The molecule has 2 heterocycles. The molecule has 2 nitrogen and oxygen atoms in total. The van der Waals surface area contributed by atoms with Gasteiger partial charge in [-0.2, -0.15) is 0 Å². The van der Waals surface area contributed by atoms with Gasteiger partial charge >= 0.3 is 0 Å². The summed E-state index contributed by atoms with van der Waals surface area (Å²) in [6.07, 6.45) is 2.07. The van der Waals surface area contributed by atoms with Crippen molar-refractivity contribution >= 4 is 45.6 Å². The highest BCUT2D eigenvalue weighted by molar-refractivity contribution is 7.98. The fraction of sp³-hybridized carbons (Fsp3) is 0.235. The number of hydrogen-bond donors (Lipinski definition) is 0. The lowest BCUT2D eigenvalue weighted by Gasteiger charge is -2.17. The Hall–Kier alpha value is -1.07. The van der Waals surface area contributed by atoms with Crippen LogP contribution in [0.5, 0.6) is 0 Å². The van der Waals surface area contributed by atoms with Gasteiger partial charge in [-0.1, -0.05) is 23.7 Å². The molecule has 0 saturated heterocycles. The lowest BCUT2D eigenvalue weighted by atomic mass is 10.1. The van der Waals surface area contributed by atoms with E-state index in [2.05, 4.69) is 65.0 Å². The highest BCUT2D eigenvalue weighted by atomic mass is 35.5. The minimum Gasteiger partial charge on any atom is -0.297 e. The molecule has 2 aromatic heterocycles. The van der Waals surface area contributed by atoms with Crippen LogP contribution in [0.1, 0.15) is 10.4 Å². The van der Waals surface area contributed by atoms with Crippen LogP contribution in [0.2, 0.25) is 5.15 Å². The minimum absolute atomic E-state index is 0.601. The van der Waals surface area contributed by atoms with Gasteiger partial charge < -0.3 is 0 Å². The second-order valence-corrected chi connectivity index (χ2v) is 7.52. The van der Waals surface area contributed by atoms with Crippen molar-refractivity contribution in [1.29, 1.82) is 0 Å². The van der Waals surface area contributed by atoms with Crippen LogP contribution in [0.4, 0.5) is 0 Å². The quantitative estimate of drug-likeness (QED) is 0.459. The molecule has 0 fully saturated rings. The Morgan fingerprint density at radius 2 is 2.09 bits per heavy atom. The van der Waals surface area contributed by atoms with Crippen molar-refractivity contribution < 1.29 is 0 Å². The van der Waals surface area contributed by atoms with E-state index in [-0.39, 0.29) is 0 Å². The van der Waals surface area contributed by atoms with E-state index in [0.717, 1.165) is 29.6 Å². The number of aromatic nitrogens is 1. The van der Waals surface area contributed by atoms with E-state index in [1.807, 2.05) is 0 Å². The highest BCUT2D eigenvalue weighted by Crippen LogP contribution is 2.26. The lowest BCUT2D eigenvalue weighted by Crippen LogP contribution is -2.17. The third-order valence-corrected chi connectivity index (χ3v) is 5.41. The standard InChI is InChI=1S/C17H17ClN2S2/c1-20(11-15-4-3-7-22-15)10-13-8-12-5-6-14(21-2)9-16(12)19-17(13)18/h3-9H,10-11H2,1-2H3. The van der Waals surface area contributed by atoms with Crippen LogP contribution in [-0.4, -0.2) is 23.2 Å². The first-order valence-electron chi connectivity index (χ1n) is 7.00. The molecular formula is C17H17ClN2S2. The molecule has 0 spiro atoms. The van der Waals surface area contributed by atoms with E-state index in [4.69, 9.17) is 11.6 Å². The summed E-state index contributed by atoms with van der Waals surface area (Å²) in [5.41, 5.74) is 2.03. The third kappa shape index (κ3) is 3.63. The van der Waals surface area contributed by atoms with E-state index in [1.54, 1.807) is 23.1 Å². The van der Waals surface area contributed by atoms with Crippen LogP contribution in [0, 0.1) is 0 Å². The first kappa shape index (κ1) is 15.8. The molecule has 0 saturated carbocycles. The first-order chi connectivity index (χ1) is 10.7. The average molecular weight is 349 g/mol. The van der Waals surface area contributed by atoms with Crippen LogP contribution in [0.15, 0.2) is 46.7 Å². The Morgan fingerprint density at radius 3 is 2.82 bits per heavy atom. The largest absolute Gasteiger partial charge is 0.297 e. The van der Waals surface area contributed by atoms with Gasteiger partial charge in [0.25, 0.3) is 0 Å². The molecule has 3 aromatic rings.